The average molecular weight is 260 g/mol. The predicted molar refractivity (Wildman–Crippen MR) is 72.7 cm³/mol. The van der Waals surface area contributed by atoms with E-state index in [0.717, 1.165) is 6.42 Å². The lowest BCUT2D eigenvalue weighted by molar-refractivity contribution is -0.129. The molecule has 0 bridgehead atoms. The molecular formula is C15H20N2O2. The van der Waals surface area contributed by atoms with Gasteiger partial charge in [0.1, 0.15) is 0 Å². The second kappa shape index (κ2) is 4.94. The van der Waals surface area contributed by atoms with Crippen LogP contribution in [0, 0.1) is 0 Å². The first-order chi connectivity index (χ1) is 9.19. The molecule has 2 atom stereocenters. The van der Waals surface area contributed by atoms with Crippen LogP contribution in [0.25, 0.3) is 0 Å². The number of hydrogen-bond donors (Lipinski definition) is 2. The Morgan fingerprint density at radius 3 is 2.63 bits per heavy atom. The van der Waals surface area contributed by atoms with Gasteiger partial charge in [0, 0.05) is 25.2 Å². The van der Waals surface area contributed by atoms with Gasteiger partial charge in [0.15, 0.2) is 0 Å². The molecule has 1 aromatic carbocycles. The lowest BCUT2D eigenvalue weighted by Gasteiger charge is -2.31. The topological polar surface area (TPSA) is 64.4 Å². The van der Waals surface area contributed by atoms with Crippen molar-refractivity contribution in [2.24, 2.45) is 5.73 Å². The Morgan fingerprint density at radius 2 is 1.95 bits per heavy atom. The van der Waals surface area contributed by atoms with Gasteiger partial charge in [0.2, 0.25) is 5.91 Å². The van der Waals surface area contributed by atoms with Crippen LogP contribution >= 0.6 is 0 Å². The Hall–Kier alpha value is -1.39. The first-order valence-corrected chi connectivity index (χ1v) is 6.92. The van der Waals surface area contributed by atoms with Gasteiger partial charge in [0.05, 0.1) is 5.54 Å². The second-order valence-electron chi connectivity index (χ2n) is 5.60. The highest BCUT2D eigenvalue weighted by molar-refractivity contribution is 5.86. The van der Waals surface area contributed by atoms with Crippen molar-refractivity contribution >= 4 is 5.91 Å². The van der Waals surface area contributed by atoms with Gasteiger partial charge in [-0.05, 0) is 24.8 Å². The van der Waals surface area contributed by atoms with Crippen molar-refractivity contribution in [1.29, 1.82) is 0 Å². The molecule has 1 saturated heterocycles. The summed E-state index contributed by atoms with van der Waals surface area (Å²) in [5.41, 5.74) is 6.73. The molecule has 2 fully saturated rings. The highest BCUT2D eigenvalue weighted by atomic mass is 16.5. The molecule has 4 nitrogen and oxygen atoms in total. The molecule has 4 heteroatoms. The fraction of sp³-hybridized carbons (Fsp3) is 0.533. The zero-order valence-corrected chi connectivity index (χ0v) is 11.0. The van der Waals surface area contributed by atoms with Gasteiger partial charge in [-0.15, -0.1) is 0 Å². The van der Waals surface area contributed by atoms with Crippen LogP contribution < -0.4 is 11.1 Å². The van der Waals surface area contributed by atoms with E-state index in [1.54, 1.807) is 0 Å². The van der Waals surface area contributed by atoms with Gasteiger partial charge < -0.3 is 15.8 Å². The molecule has 0 aromatic heterocycles. The van der Waals surface area contributed by atoms with E-state index in [9.17, 15) is 4.79 Å². The summed E-state index contributed by atoms with van der Waals surface area (Å²) < 4.78 is 5.27. The van der Waals surface area contributed by atoms with Crippen molar-refractivity contribution in [2.45, 2.75) is 36.8 Å². The van der Waals surface area contributed by atoms with Gasteiger partial charge in [0.25, 0.3) is 0 Å². The number of hydrogen-bond acceptors (Lipinski definition) is 3. The maximum Gasteiger partial charge on any atom is 0.240 e. The Morgan fingerprint density at radius 1 is 1.26 bits per heavy atom. The summed E-state index contributed by atoms with van der Waals surface area (Å²) in [7, 11) is 0. The van der Waals surface area contributed by atoms with E-state index in [1.165, 1.54) is 5.56 Å². The maximum absolute atomic E-state index is 12.3. The Balaban J connectivity index is 1.57. The van der Waals surface area contributed by atoms with E-state index in [2.05, 4.69) is 17.4 Å². The van der Waals surface area contributed by atoms with Crippen LogP contribution in [0.3, 0.4) is 0 Å². The fourth-order valence-electron chi connectivity index (χ4n) is 2.70. The van der Waals surface area contributed by atoms with Crippen molar-refractivity contribution in [1.82, 2.24) is 5.32 Å². The Kier molecular flexibility index (Phi) is 3.29. The van der Waals surface area contributed by atoms with Crippen LogP contribution in [0.4, 0.5) is 0 Å². The highest BCUT2D eigenvalue weighted by Gasteiger charge is 2.43. The van der Waals surface area contributed by atoms with Crippen LogP contribution in [0.2, 0.25) is 0 Å². The summed E-state index contributed by atoms with van der Waals surface area (Å²) in [6.45, 7) is 1.16. The predicted octanol–water partition coefficient (Wildman–Crippen LogP) is 1.17. The SMILES string of the molecule is NC1(C(=O)NC2CC2c2ccccc2)CCOCC1. The first kappa shape index (κ1) is 12.6. The molecule has 1 saturated carbocycles. The lowest BCUT2D eigenvalue weighted by Crippen LogP contribution is -2.57. The Bertz CT molecular complexity index is 454. The summed E-state index contributed by atoms with van der Waals surface area (Å²) in [5.74, 6) is 0.438. The maximum atomic E-state index is 12.3. The molecular weight excluding hydrogens is 240 g/mol. The van der Waals surface area contributed by atoms with Crippen LogP contribution in [0.5, 0.6) is 0 Å². The zero-order chi connectivity index (χ0) is 13.3. The fourth-order valence-corrected chi connectivity index (χ4v) is 2.70. The number of benzene rings is 1. The Labute approximate surface area is 113 Å². The minimum absolute atomic E-state index is 0.0146. The quantitative estimate of drug-likeness (QED) is 0.857. The number of nitrogens with two attached hydrogens (primary N) is 1. The van der Waals surface area contributed by atoms with Gasteiger partial charge in [-0.2, -0.15) is 0 Å². The molecule has 102 valence electrons. The third kappa shape index (κ3) is 2.65. The zero-order valence-electron chi connectivity index (χ0n) is 11.0. The molecule has 1 aliphatic carbocycles. The number of carbonyl (C=O) groups is 1. The van der Waals surface area contributed by atoms with Crippen molar-refractivity contribution in [3.63, 3.8) is 0 Å². The third-order valence-electron chi connectivity index (χ3n) is 4.17. The van der Waals surface area contributed by atoms with E-state index in [-0.39, 0.29) is 11.9 Å². The second-order valence-corrected chi connectivity index (χ2v) is 5.60. The standard InChI is InChI=1S/C15H20N2O2/c16-15(6-8-19-9-7-15)14(18)17-13-10-12(13)11-4-2-1-3-5-11/h1-5,12-13H,6-10,16H2,(H,17,18). The summed E-state index contributed by atoms with van der Waals surface area (Å²) in [6.07, 6.45) is 2.24. The van der Waals surface area contributed by atoms with E-state index in [1.807, 2.05) is 18.2 Å². The third-order valence-corrected chi connectivity index (χ3v) is 4.17. The molecule has 0 radical (unpaired) electrons. The minimum atomic E-state index is -0.734. The van der Waals surface area contributed by atoms with E-state index < -0.39 is 5.54 Å². The molecule has 1 aromatic rings. The monoisotopic (exact) mass is 260 g/mol. The molecule has 1 amide bonds. The molecule has 19 heavy (non-hydrogen) atoms. The van der Waals surface area contributed by atoms with Crippen LogP contribution in [-0.4, -0.2) is 30.7 Å². The molecule has 2 aliphatic rings. The molecule has 1 heterocycles. The van der Waals surface area contributed by atoms with Crippen LogP contribution in [-0.2, 0) is 9.53 Å². The van der Waals surface area contributed by atoms with Crippen molar-refractivity contribution in [3.8, 4) is 0 Å². The van der Waals surface area contributed by atoms with E-state index >= 15 is 0 Å². The summed E-state index contributed by atoms with van der Waals surface area (Å²) in [4.78, 5) is 12.3. The van der Waals surface area contributed by atoms with Crippen LogP contribution in [0.15, 0.2) is 30.3 Å². The van der Waals surface area contributed by atoms with E-state index in [0.29, 0.717) is 32.0 Å². The summed E-state index contributed by atoms with van der Waals surface area (Å²) >= 11 is 0. The van der Waals surface area contributed by atoms with E-state index in [4.69, 9.17) is 10.5 Å². The molecule has 2 unspecified atom stereocenters. The largest absolute Gasteiger partial charge is 0.381 e. The average Bonchev–Trinajstić information content (AvgIpc) is 3.20. The number of carbonyl (C=O) groups excluding carboxylic acids is 1. The number of ether oxygens (including phenoxy) is 1. The number of rotatable bonds is 3. The summed E-state index contributed by atoms with van der Waals surface area (Å²) in [5, 5.41) is 3.09. The van der Waals surface area contributed by atoms with Crippen molar-refractivity contribution in [2.75, 3.05) is 13.2 Å². The molecule has 0 spiro atoms. The summed E-state index contributed by atoms with van der Waals surface area (Å²) in [6, 6.07) is 10.6. The molecule has 3 N–H and O–H groups in total. The normalized spacial score (nSPS) is 28.7. The van der Waals surface area contributed by atoms with Gasteiger partial charge in [-0.1, -0.05) is 30.3 Å². The minimum Gasteiger partial charge on any atom is -0.381 e. The van der Waals surface area contributed by atoms with Gasteiger partial charge in [-0.3, -0.25) is 4.79 Å². The van der Waals surface area contributed by atoms with Gasteiger partial charge in [-0.25, -0.2) is 0 Å². The lowest BCUT2D eigenvalue weighted by atomic mass is 9.90. The number of nitrogens with one attached hydrogen (secondary N) is 1. The molecule has 1 aliphatic heterocycles. The smallest absolute Gasteiger partial charge is 0.240 e. The van der Waals surface area contributed by atoms with Crippen molar-refractivity contribution < 1.29 is 9.53 Å². The van der Waals surface area contributed by atoms with Gasteiger partial charge >= 0.3 is 0 Å². The number of amides is 1. The molecule has 3 rings (SSSR count). The first-order valence-electron chi connectivity index (χ1n) is 6.92. The highest BCUT2D eigenvalue weighted by Crippen LogP contribution is 2.41. The van der Waals surface area contributed by atoms with Crippen molar-refractivity contribution in [3.05, 3.63) is 35.9 Å². The van der Waals surface area contributed by atoms with Crippen LogP contribution in [0.1, 0.15) is 30.7 Å².